The van der Waals surface area contributed by atoms with Crippen LogP contribution in [0, 0.1) is 5.92 Å². The largest absolute Gasteiger partial charge is 0.393 e. The fourth-order valence-electron chi connectivity index (χ4n) is 3.05. The number of rotatable bonds is 2. The van der Waals surface area contributed by atoms with Crippen LogP contribution in [0.15, 0.2) is 0 Å². The van der Waals surface area contributed by atoms with Gasteiger partial charge >= 0.3 is 0 Å². The molecule has 3 nitrogen and oxygen atoms in total. The van der Waals surface area contributed by atoms with Crippen molar-refractivity contribution in [3.05, 3.63) is 0 Å². The fraction of sp³-hybridized carbons (Fsp3) is 0.900. The molecular weight excluding hydrogens is 166 g/mol. The molecule has 0 spiro atoms. The molecule has 13 heavy (non-hydrogen) atoms. The molecule has 2 N–H and O–H groups in total. The Bertz CT molecular complexity index is 229. The molecule has 3 heteroatoms. The van der Waals surface area contributed by atoms with Gasteiger partial charge in [-0.05, 0) is 25.3 Å². The molecule has 1 unspecified atom stereocenters. The molecule has 0 radical (unpaired) electrons. The summed E-state index contributed by atoms with van der Waals surface area (Å²) in [6, 6.07) is 0. The maximum Gasteiger partial charge on any atom is 0.135 e. The molecule has 0 aliphatic heterocycles. The van der Waals surface area contributed by atoms with Crippen LogP contribution in [0.1, 0.15) is 32.6 Å². The van der Waals surface area contributed by atoms with Crippen molar-refractivity contribution in [1.29, 1.82) is 0 Å². The summed E-state index contributed by atoms with van der Waals surface area (Å²) in [5, 5.41) is 13.0. The molecule has 0 saturated heterocycles. The number of fused-ring (bicyclic) bond motifs is 1. The lowest BCUT2D eigenvalue weighted by molar-refractivity contribution is -0.118. The Morgan fingerprint density at radius 3 is 3.15 bits per heavy atom. The summed E-state index contributed by atoms with van der Waals surface area (Å²) in [5.74, 6) is 0.743. The first-order valence-electron chi connectivity index (χ1n) is 5.11. The minimum absolute atomic E-state index is 0.0503. The molecular formula is C10H17NO2. The zero-order valence-electron chi connectivity index (χ0n) is 8.05. The van der Waals surface area contributed by atoms with Crippen molar-refractivity contribution in [2.45, 2.75) is 44.2 Å². The highest BCUT2D eigenvalue weighted by Gasteiger charge is 2.52. The monoisotopic (exact) mass is 183 g/mol. The Balaban J connectivity index is 2.16. The Morgan fingerprint density at radius 2 is 2.46 bits per heavy atom. The predicted molar refractivity (Wildman–Crippen MR) is 49.4 cm³/mol. The zero-order valence-corrected chi connectivity index (χ0v) is 8.05. The lowest BCUT2D eigenvalue weighted by Gasteiger charge is -2.29. The summed E-state index contributed by atoms with van der Waals surface area (Å²) in [4.78, 5) is 11.3. The Morgan fingerprint density at radius 1 is 1.69 bits per heavy atom. The number of nitrogens with one attached hydrogen (secondary N) is 1. The van der Waals surface area contributed by atoms with E-state index in [0.29, 0.717) is 24.5 Å². The summed E-state index contributed by atoms with van der Waals surface area (Å²) in [6.07, 6.45) is 2.67. The van der Waals surface area contributed by atoms with Gasteiger partial charge in [-0.25, -0.2) is 0 Å². The highest BCUT2D eigenvalue weighted by atomic mass is 16.3. The molecule has 2 aliphatic carbocycles. The number of hydrogen-bond donors (Lipinski definition) is 2. The van der Waals surface area contributed by atoms with Crippen molar-refractivity contribution in [1.82, 2.24) is 5.32 Å². The van der Waals surface area contributed by atoms with Crippen LogP contribution in [-0.4, -0.2) is 29.1 Å². The van der Waals surface area contributed by atoms with Gasteiger partial charge < -0.3 is 10.4 Å². The van der Waals surface area contributed by atoms with Gasteiger partial charge in [0.2, 0.25) is 0 Å². The highest BCUT2D eigenvalue weighted by molar-refractivity contribution is 5.83. The third-order valence-electron chi connectivity index (χ3n) is 3.45. The van der Waals surface area contributed by atoms with E-state index in [1.165, 1.54) is 0 Å². The number of carbonyl (C=O) groups excluding carboxylic acids is 1. The van der Waals surface area contributed by atoms with Gasteiger partial charge in [0.05, 0.1) is 6.10 Å². The van der Waals surface area contributed by atoms with Crippen molar-refractivity contribution in [2.75, 3.05) is 6.54 Å². The van der Waals surface area contributed by atoms with Crippen LogP contribution < -0.4 is 5.32 Å². The standard InChI is InChI=1S/C10H17NO2/c1-2-11-10-5-8(12)3-7(10)4-9(13)6-10/h7-8,11-12H,2-6H2,1H3/t7-,8?,10-/m0/s1. The van der Waals surface area contributed by atoms with Crippen LogP contribution in [0.4, 0.5) is 0 Å². The molecule has 0 aromatic carbocycles. The Hall–Kier alpha value is -0.410. The van der Waals surface area contributed by atoms with Crippen LogP contribution in [0.5, 0.6) is 0 Å². The minimum Gasteiger partial charge on any atom is -0.393 e. The number of Topliss-reactive ketones (excluding diaryl/α,β-unsaturated/α-hetero) is 1. The average molecular weight is 183 g/mol. The molecule has 2 rings (SSSR count). The number of hydrogen-bond acceptors (Lipinski definition) is 3. The first-order chi connectivity index (χ1) is 6.16. The quantitative estimate of drug-likeness (QED) is 0.654. The molecule has 0 heterocycles. The van der Waals surface area contributed by atoms with Crippen LogP contribution >= 0.6 is 0 Å². The Labute approximate surface area is 78.5 Å². The lowest BCUT2D eigenvalue weighted by Crippen LogP contribution is -2.45. The van der Waals surface area contributed by atoms with Crippen molar-refractivity contribution >= 4 is 5.78 Å². The van der Waals surface area contributed by atoms with E-state index < -0.39 is 0 Å². The van der Waals surface area contributed by atoms with E-state index in [9.17, 15) is 9.90 Å². The summed E-state index contributed by atoms with van der Waals surface area (Å²) >= 11 is 0. The zero-order chi connectivity index (χ0) is 9.47. The van der Waals surface area contributed by atoms with Crippen molar-refractivity contribution in [3.63, 3.8) is 0 Å². The van der Waals surface area contributed by atoms with Crippen LogP contribution in [0.25, 0.3) is 0 Å². The van der Waals surface area contributed by atoms with E-state index in [4.69, 9.17) is 0 Å². The molecule has 2 saturated carbocycles. The van der Waals surface area contributed by atoms with Gasteiger partial charge in [0, 0.05) is 18.4 Å². The highest BCUT2D eigenvalue weighted by Crippen LogP contribution is 2.45. The van der Waals surface area contributed by atoms with Crippen LogP contribution in [-0.2, 0) is 4.79 Å². The van der Waals surface area contributed by atoms with Crippen molar-refractivity contribution < 1.29 is 9.90 Å². The normalized spacial score (nSPS) is 44.0. The summed E-state index contributed by atoms with van der Waals surface area (Å²) in [7, 11) is 0. The van der Waals surface area contributed by atoms with Gasteiger partial charge in [-0.3, -0.25) is 4.79 Å². The average Bonchev–Trinajstić information content (AvgIpc) is 2.40. The first-order valence-corrected chi connectivity index (χ1v) is 5.11. The number of aliphatic hydroxyl groups excluding tert-OH is 1. The predicted octanol–water partition coefficient (Wildman–Crippen LogP) is 0.469. The molecule has 0 aromatic rings. The van der Waals surface area contributed by atoms with E-state index in [-0.39, 0.29) is 11.6 Å². The molecule has 2 aliphatic rings. The van der Waals surface area contributed by atoms with Crippen molar-refractivity contribution in [3.8, 4) is 0 Å². The summed E-state index contributed by atoms with van der Waals surface area (Å²) < 4.78 is 0. The van der Waals surface area contributed by atoms with Crippen molar-refractivity contribution in [2.24, 2.45) is 5.92 Å². The van der Waals surface area contributed by atoms with Gasteiger partial charge in [0.25, 0.3) is 0 Å². The summed E-state index contributed by atoms with van der Waals surface area (Å²) in [5.41, 5.74) is -0.0503. The van der Waals surface area contributed by atoms with Gasteiger partial charge in [-0.1, -0.05) is 6.92 Å². The minimum atomic E-state index is -0.197. The second kappa shape index (κ2) is 3.07. The molecule has 0 aromatic heterocycles. The second-order valence-corrected chi connectivity index (χ2v) is 4.40. The van der Waals surface area contributed by atoms with Gasteiger partial charge in [-0.15, -0.1) is 0 Å². The van der Waals surface area contributed by atoms with Crippen LogP contribution in [0.3, 0.4) is 0 Å². The number of aliphatic hydroxyl groups is 1. The first kappa shape index (κ1) is 9.16. The molecule has 2 fully saturated rings. The topological polar surface area (TPSA) is 49.3 Å². The van der Waals surface area contributed by atoms with Crippen LogP contribution in [0.2, 0.25) is 0 Å². The van der Waals surface area contributed by atoms with E-state index in [2.05, 4.69) is 12.2 Å². The fourth-order valence-corrected chi connectivity index (χ4v) is 3.05. The van der Waals surface area contributed by atoms with E-state index in [0.717, 1.165) is 19.4 Å². The van der Waals surface area contributed by atoms with Gasteiger partial charge in [0.1, 0.15) is 5.78 Å². The molecule has 74 valence electrons. The Kier molecular flexibility index (Phi) is 2.16. The maximum absolute atomic E-state index is 11.3. The molecule has 0 amide bonds. The second-order valence-electron chi connectivity index (χ2n) is 4.40. The molecule has 3 atom stereocenters. The number of ketones is 1. The lowest BCUT2D eigenvalue weighted by atomic mass is 9.90. The van der Waals surface area contributed by atoms with E-state index in [1.807, 2.05) is 0 Å². The maximum atomic E-state index is 11.3. The van der Waals surface area contributed by atoms with Gasteiger partial charge in [0.15, 0.2) is 0 Å². The van der Waals surface area contributed by atoms with E-state index in [1.54, 1.807) is 0 Å². The third-order valence-corrected chi connectivity index (χ3v) is 3.45. The SMILES string of the molecule is CCN[C@@]12CC(=O)C[C@@H]1CC(O)C2. The van der Waals surface area contributed by atoms with Gasteiger partial charge in [-0.2, -0.15) is 0 Å². The number of carbonyl (C=O) groups is 1. The van der Waals surface area contributed by atoms with E-state index >= 15 is 0 Å². The smallest absolute Gasteiger partial charge is 0.135 e. The summed E-state index contributed by atoms with van der Waals surface area (Å²) in [6.45, 7) is 2.94. The molecule has 0 bridgehead atoms. The third kappa shape index (κ3) is 1.40.